The number of benzene rings is 2. The van der Waals surface area contributed by atoms with Gasteiger partial charge in [0.15, 0.2) is 6.61 Å². The van der Waals surface area contributed by atoms with Gasteiger partial charge >= 0.3 is 0 Å². The number of ether oxygens (including phenoxy) is 1. The second-order valence-corrected chi connectivity index (χ2v) is 8.89. The summed E-state index contributed by atoms with van der Waals surface area (Å²) in [5, 5.41) is 3.73. The fourth-order valence-corrected chi connectivity index (χ4v) is 3.29. The lowest BCUT2D eigenvalue weighted by atomic mass is 10.1. The highest BCUT2D eigenvalue weighted by atomic mass is 35.5. The summed E-state index contributed by atoms with van der Waals surface area (Å²) in [6.07, 6.45) is 0. The Morgan fingerprint density at radius 3 is 2.42 bits per heavy atom. The number of nitrogens with zero attached hydrogens (tertiary/aromatic N) is 1. The van der Waals surface area contributed by atoms with Gasteiger partial charge in [-0.05, 0) is 61.6 Å². The summed E-state index contributed by atoms with van der Waals surface area (Å²) in [6.45, 7) is 10.3. The molecule has 2 rings (SSSR count). The first kappa shape index (κ1) is 25.0. The number of amides is 2. The van der Waals surface area contributed by atoms with E-state index in [0.29, 0.717) is 28.3 Å². The van der Waals surface area contributed by atoms with Crippen molar-refractivity contribution in [3.05, 3.63) is 63.1 Å². The van der Waals surface area contributed by atoms with Crippen LogP contribution in [0.25, 0.3) is 0 Å². The lowest BCUT2D eigenvalue weighted by Crippen LogP contribution is -2.49. The van der Waals surface area contributed by atoms with Crippen molar-refractivity contribution < 1.29 is 14.3 Å². The predicted molar refractivity (Wildman–Crippen MR) is 126 cm³/mol. The van der Waals surface area contributed by atoms with Crippen molar-refractivity contribution in [2.45, 2.75) is 47.2 Å². The van der Waals surface area contributed by atoms with Crippen LogP contribution in [0.1, 0.15) is 37.5 Å². The Bertz CT molecular complexity index is 931. The van der Waals surface area contributed by atoms with Gasteiger partial charge in [0.05, 0.1) is 10.0 Å². The molecule has 0 aliphatic carbocycles. The summed E-state index contributed by atoms with van der Waals surface area (Å²) in [5.74, 6) is 0.454. The summed E-state index contributed by atoms with van der Waals surface area (Å²) in [7, 11) is 0. The molecule has 168 valence electrons. The highest BCUT2D eigenvalue weighted by Crippen LogP contribution is 2.24. The second kappa shape index (κ2) is 11.4. The molecule has 1 unspecified atom stereocenters. The molecule has 0 fully saturated rings. The van der Waals surface area contributed by atoms with E-state index >= 15 is 0 Å². The Labute approximate surface area is 194 Å². The summed E-state index contributed by atoms with van der Waals surface area (Å²) in [5.41, 5.74) is 2.84. The van der Waals surface area contributed by atoms with E-state index in [-0.39, 0.29) is 25.0 Å². The van der Waals surface area contributed by atoms with Crippen molar-refractivity contribution in [1.82, 2.24) is 10.2 Å². The fourth-order valence-electron chi connectivity index (χ4n) is 2.97. The van der Waals surface area contributed by atoms with Gasteiger partial charge in [-0.2, -0.15) is 0 Å². The first-order valence-electron chi connectivity index (χ1n) is 10.3. The Kier molecular flexibility index (Phi) is 9.20. The predicted octanol–water partition coefficient (Wildman–Crippen LogP) is 5.18. The van der Waals surface area contributed by atoms with Gasteiger partial charge in [-0.25, -0.2) is 0 Å². The van der Waals surface area contributed by atoms with E-state index in [9.17, 15) is 9.59 Å². The number of nitrogens with one attached hydrogen (secondary N) is 1. The maximum atomic E-state index is 13.1. The third kappa shape index (κ3) is 7.15. The Morgan fingerprint density at radius 1 is 1.06 bits per heavy atom. The van der Waals surface area contributed by atoms with Crippen molar-refractivity contribution >= 4 is 35.0 Å². The molecule has 0 aliphatic rings. The zero-order valence-electron chi connectivity index (χ0n) is 18.7. The largest absolute Gasteiger partial charge is 0.483 e. The van der Waals surface area contributed by atoms with Gasteiger partial charge in [0.2, 0.25) is 5.91 Å². The van der Waals surface area contributed by atoms with Gasteiger partial charge in [0.25, 0.3) is 5.91 Å². The standard InChI is InChI=1S/C24H30Cl2N2O3/c1-15(2)12-27-24(30)18(5)28(13-19-9-10-20(25)21(26)11-19)23(29)14-31-22-8-6-7-16(3)17(22)4/h6-11,15,18H,12-14H2,1-5H3,(H,27,30). The van der Waals surface area contributed by atoms with Crippen LogP contribution in [0, 0.1) is 19.8 Å². The molecule has 0 heterocycles. The molecule has 5 nitrogen and oxygen atoms in total. The van der Waals surface area contributed by atoms with Crippen molar-refractivity contribution in [1.29, 1.82) is 0 Å². The normalized spacial score (nSPS) is 11.9. The van der Waals surface area contributed by atoms with Crippen LogP contribution >= 0.6 is 23.2 Å². The third-order valence-electron chi connectivity index (χ3n) is 5.09. The molecular weight excluding hydrogens is 435 g/mol. The van der Waals surface area contributed by atoms with Crippen LogP contribution in [0.15, 0.2) is 36.4 Å². The molecule has 0 spiro atoms. The minimum atomic E-state index is -0.678. The number of aryl methyl sites for hydroxylation is 1. The van der Waals surface area contributed by atoms with Crippen molar-refractivity contribution in [3.63, 3.8) is 0 Å². The van der Waals surface area contributed by atoms with Crippen LogP contribution in [0.4, 0.5) is 0 Å². The van der Waals surface area contributed by atoms with Crippen LogP contribution in [0.3, 0.4) is 0 Å². The number of halogens is 2. The summed E-state index contributed by atoms with van der Waals surface area (Å²) in [6, 6.07) is 10.2. The van der Waals surface area contributed by atoms with Crippen molar-refractivity contribution in [3.8, 4) is 5.75 Å². The van der Waals surface area contributed by atoms with E-state index < -0.39 is 6.04 Å². The van der Waals surface area contributed by atoms with Gasteiger partial charge in [-0.3, -0.25) is 9.59 Å². The van der Waals surface area contributed by atoms with Crippen LogP contribution < -0.4 is 10.1 Å². The van der Waals surface area contributed by atoms with Crippen LogP contribution in [0.2, 0.25) is 10.0 Å². The molecule has 0 aliphatic heterocycles. The number of rotatable bonds is 9. The Hall–Kier alpha value is -2.24. The van der Waals surface area contributed by atoms with Crippen LogP contribution in [-0.4, -0.2) is 35.9 Å². The fraction of sp³-hybridized carbons (Fsp3) is 0.417. The molecule has 0 bridgehead atoms. The van der Waals surface area contributed by atoms with Gasteiger partial charge in [-0.15, -0.1) is 0 Å². The molecule has 0 aromatic heterocycles. The topological polar surface area (TPSA) is 58.6 Å². The van der Waals surface area contributed by atoms with E-state index in [4.69, 9.17) is 27.9 Å². The number of hydrogen-bond donors (Lipinski definition) is 1. The summed E-state index contributed by atoms with van der Waals surface area (Å²) in [4.78, 5) is 27.3. The maximum absolute atomic E-state index is 13.1. The lowest BCUT2D eigenvalue weighted by Gasteiger charge is -2.29. The lowest BCUT2D eigenvalue weighted by molar-refractivity contribution is -0.142. The minimum Gasteiger partial charge on any atom is -0.483 e. The zero-order valence-corrected chi connectivity index (χ0v) is 20.2. The third-order valence-corrected chi connectivity index (χ3v) is 5.83. The van der Waals surface area contributed by atoms with E-state index in [1.807, 2.05) is 45.9 Å². The van der Waals surface area contributed by atoms with Gasteiger partial charge in [0.1, 0.15) is 11.8 Å². The van der Waals surface area contributed by atoms with E-state index in [1.165, 1.54) is 4.90 Å². The van der Waals surface area contributed by atoms with Gasteiger partial charge < -0.3 is 15.0 Å². The molecular formula is C24H30Cl2N2O3. The first-order valence-corrected chi connectivity index (χ1v) is 11.1. The molecule has 2 amide bonds. The van der Waals surface area contributed by atoms with Crippen LogP contribution in [0.5, 0.6) is 5.75 Å². The quantitative estimate of drug-likeness (QED) is 0.555. The average molecular weight is 465 g/mol. The van der Waals surface area contributed by atoms with E-state index in [2.05, 4.69) is 5.32 Å². The number of carbonyl (C=O) groups excluding carboxylic acids is 2. The van der Waals surface area contributed by atoms with Crippen molar-refractivity contribution in [2.24, 2.45) is 5.92 Å². The molecule has 7 heteroatoms. The molecule has 0 saturated carbocycles. The van der Waals surface area contributed by atoms with Gasteiger partial charge in [-0.1, -0.05) is 55.2 Å². The second-order valence-electron chi connectivity index (χ2n) is 8.07. The molecule has 31 heavy (non-hydrogen) atoms. The zero-order chi connectivity index (χ0) is 23.1. The van der Waals surface area contributed by atoms with Crippen LogP contribution in [-0.2, 0) is 16.1 Å². The summed E-state index contributed by atoms with van der Waals surface area (Å²) >= 11 is 12.1. The monoisotopic (exact) mass is 464 g/mol. The van der Waals surface area contributed by atoms with E-state index in [0.717, 1.165) is 16.7 Å². The average Bonchev–Trinajstić information content (AvgIpc) is 2.73. The molecule has 1 N–H and O–H groups in total. The van der Waals surface area contributed by atoms with Crippen molar-refractivity contribution in [2.75, 3.05) is 13.2 Å². The molecule has 0 radical (unpaired) electrons. The maximum Gasteiger partial charge on any atom is 0.261 e. The Morgan fingerprint density at radius 2 is 1.77 bits per heavy atom. The highest BCUT2D eigenvalue weighted by Gasteiger charge is 2.27. The number of carbonyl (C=O) groups is 2. The van der Waals surface area contributed by atoms with Gasteiger partial charge in [0, 0.05) is 13.1 Å². The molecule has 2 aromatic rings. The Balaban J connectivity index is 2.20. The van der Waals surface area contributed by atoms with E-state index in [1.54, 1.807) is 25.1 Å². The molecule has 2 aromatic carbocycles. The minimum absolute atomic E-state index is 0.173. The SMILES string of the molecule is Cc1cccc(OCC(=O)N(Cc2ccc(Cl)c(Cl)c2)C(C)C(=O)NCC(C)C)c1C. The smallest absolute Gasteiger partial charge is 0.261 e. The number of hydrogen-bond acceptors (Lipinski definition) is 3. The summed E-state index contributed by atoms with van der Waals surface area (Å²) < 4.78 is 5.80. The first-order chi connectivity index (χ1) is 14.6. The molecule has 1 atom stereocenters. The highest BCUT2D eigenvalue weighted by molar-refractivity contribution is 6.42. The molecule has 0 saturated heterocycles.